The molecule has 0 saturated heterocycles. The highest BCUT2D eigenvalue weighted by Crippen LogP contribution is 2.37. The molecule has 0 fully saturated rings. The number of hydrogen-bond donors (Lipinski definition) is 0. The third kappa shape index (κ3) is 4.55. The maximum Gasteiger partial charge on any atom is 0.223 e. The molecule has 27 heavy (non-hydrogen) atoms. The monoisotopic (exact) mass is 368 g/mol. The quantitative estimate of drug-likeness (QED) is 0.572. The lowest BCUT2D eigenvalue weighted by molar-refractivity contribution is -0.134. The molecule has 0 radical (unpaired) electrons. The summed E-state index contributed by atoms with van der Waals surface area (Å²) in [4.78, 5) is 15.1. The highest BCUT2D eigenvalue weighted by molar-refractivity contribution is 5.77. The zero-order valence-corrected chi connectivity index (χ0v) is 16.7. The number of methoxy groups -OCH3 is 1. The molecule has 0 N–H and O–H groups in total. The van der Waals surface area contributed by atoms with Crippen LogP contribution in [-0.4, -0.2) is 29.0 Å². The second kappa shape index (κ2) is 9.63. The Hall–Kier alpha value is -2.23. The normalized spacial score (nSPS) is 16.2. The number of aromatic nitrogens is 1. The van der Waals surface area contributed by atoms with Crippen molar-refractivity contribution in [1.29, 1.82) is 0 Å². The van der Waals surface area contributed by atoms with Crippen LogP contribution in [-0.2, 0) is 11.3 Å². The van der Waals surface area contributed by atoms with E-state index in [2.05, 4.69) is 40.8 Å². The molecular formula is C23H32N2O2. The number of rotatable bonds is 9. The molecule has 4 nitrogen and oxygen atoms in total. The van der Waals surface area contributed by atoms with Crippen molar-refractivity contribution in [2.45, 2.75) is 64.5 Å². The van der Waals surface area contributed by atoms with Crippen LogP contribution < -0.4 is 4.74 Å². The van der Waals surface area contributed by atoms with E-state index in [0.717, 1.165) is 37.2 Å². The van der Waals surface area contributed by atoms with Gasteiger partial charge in [-0.3, -0.25) is 4.79 Å². The van der Waals surface area contributed by atoms with Gasteiger partial charge >= 0.3 is 0 Å². The molecule has 1 atom stereocenters. The lowest BCUT2D eigenvalue weighted by Crippen LogP contribution is -2.42. The maximum atomic E-state index is 13.1. The second-order valence-electron chi connectivity index (χ2n) is 7.38. The molecule has 0 aliphatic carbocycles. The molecule has 4 heteroatoms. The number of unbranched alkanes of at least 4 members (excludes halogenated alkanes) is 5. The number of para-hydroxylation sites is 1. The van der Waals surface area contributed by atoms with E-state index >= 15 is 0 Å². The highest BCUT2D eigenvalue weighted by Gasteiger charge is 2.33. The summed E-state index contributed by atoms with van der Waals surface area (Å²) in [7, 11) is 1.70. The molecule has 1 aromatic carbocycles. The standard InChI is InChI=1S/C23H32N2O2/c1-3-4-5-6-7-8-15-22(26)25-18-17-24-16-11-13-20(24)23(25)19-12-9-10-14-21(19)27-2/h9-14,16,23H,3-8,15,17-18H2,1-2H3. The predicted molar refractivity (Wildman–Crippen MR) is 109 cm³/mol. The Morgan fingerprint density at radius 2 is 1.81 bits per heavy atom. The molecule has 0 spiro atoms. The Labute approximate surface area is 163 Å². The van der Waals surface area contributed by atoms with Gasteiger partial charge in [0.25, 0.3) is 0 Å². The summed E-state index contributed by atoms with van der Waals surface area (Å²) in [6.07, 6.45) is 9.95. The van der Waals surface area contributed by atoms with E-state index in [1.807, 2.05) is 18.2 Å². The molecule has 0 bridgehead atoms. The molecule has 0 saturated carbocycles. The number of carbonyl (C=O) groups is 1. The minimum Gasteiger partial charge on any atom is -0.496 e. The van der Waals surface area contributed by atoms with Crippen LogP contribution >= 0.6 is 0 Å². The first-order valence-corrected chi connectivity index (χ1v) is 10.3. The van der Waals surface area contributed by atoms with Crippen molar-refractivity contribution in [3.8, 4) is 5.75 Å². The Kier molecular flexibility index (Phi) is 6.97. The van der Waals surface area contributed by atoms with Crippen molar-refractivity contribution in [3.63, 3.8) is 0 Å². The van der Waals surface area contributed by atoms with Crippen LogP contribution in [0.4, 0.5) is 0 Å². The number of ether oxygens (including phenoxy) is 1. The Bertz CT molecular complexity index is 737. The van der Waals surface area contributed by atoms with Gasteiger partial charge in [-0.05, 0) is 24.6 Å². The summed E-state index contributed by atoms with van der Waals surface area (Å²) in [6.45, 7) is 3.84. The van der Waals surface area contributed by atoms with Crippen LogP contribution in [0.25, 0.3) is 0 Å². The fourth-order valence-electron chi connectivity index (χ4n) is 4.07. The number of benzene rings is 1. The van der Waals surface area contributed by atoms with Crippen LogP contribution in [0, 0.1) is 0 Å². The maximum absolute atomic E-state index is 13.1. The van der Waals surface area contributed by atoms with Crippen LogP contribution in [0.1, 0.15) is 69.2 Å². The van der Waals surface area contributed by atoms with Gasteiger partial charge in [-0.2, -0.15) is 0 Å². The van der Waals surface area contributed by atoms with Crippen molar-refractivity contribution in [3.05, 3.63) is 53.9 Å². The molecule has 3 rings (SSSR count). The molecule has 1 unspecified atom stereocenters. The number of carbonyl (C=O) groups excluding carboxylic acids is 1. The smallest absolute Gasteiger partial charge is 0.223 e. The molecular weight excluding hydrogens is 336 g/mol. The molecule has 1 aliphatic heterocycles. The SMILES string of the molecule is CCCCCCCCC(=O)N1CCn2cccc2C1c1ccccc1OC. The van der Waals surface area contributed by atoms with Crippen molar-refractivity contribution in [2.24, 2.45) is 0 Å². The summed E-state index contributed by atoms with van der Waals surface area (Å²) in [5.74, 6) is 1.10. The van der Waals surface area contributed by atoms with E-state index in [1.54, 1.807) is 7.11 Å². The van der Waals surface area contributed by atoms with Crippen molar-refractivity contribution < 1.29 is 9.53 Å². The van der Waals surface area contributed by atoms with Gasteiger partial charge in [0.15, 0.2) is 0 Å². The first kappa shape index (κ1) is 19.5. The summed E-state index contributed by atoms with van der Waals surface area (Å²) in [6, 6.07) is 12.2. The van der Waals surface area contributed by atoms with Gasteiger partial charge in [0, 0.05) is 37.0 Å². The number of amides is 1. The third-order valence-electron chi connectivity index (χ3n) is 5.54. The predicted octanol–water partition coefficient (Wildman–Crippen LogP) is 5.18. The average molecular weight is 369 g/mol. The fourth-order valence-corrected chi connectivity index (χ4v) is 4.07. The second-order valence-corrected chi connectivity index (χ2v) is 7.38. The molecule has 2 aromatic rings. The van der Waals surface area contributed by atoms with Crippen LogP contribution in [0.15, 0.2) is 42.6 Å². The Balaban J connectivity index is 1.74. The Morgan fingerprint density at radius 3 is 2.63 bits per heavy atom. The minimum absolute atomic E-state index is 0.0718. The summed E-state index contributed by atoms with van der Waals surface area (Å²) in [5.41, 5.74) is 2.23. The molecule has 1 aromatic heterocycles. The van der Waals surface area contributed by atoms with Crippen LogP contribution in [0.5, 0.6) is 5.75 Å². The van der Waals surface area contributed by atoms with E-state index in [-0.39, 0.29) is 11.9 Å². The minimum atomic E-state index is -0.0718. The van der Waals surface area contributed by atoms with Gasteiger partial charge in [-0.1, -0.05) is 57.2 Å². The van der Waals surface area contributed by atoms with Crippen LogP contribution in [0.2, 0.25) is 0 Å². The summed E-state index contributed by atoms with van der Waals surface area (Å²) < 4.78 is 7.86. The first-order valence-electron chi connectivity index (χ1n) is 10.3. The van der Waals surface area contributed by atoms with Gasteiger partial charge in [-0.25, -0.2) is 0 Å². The van der Waals surface area contributed by atoms with E-state index in [1.165, 1.54) is 31.4 Å². The first-order chi connectivity index (χ1) is 13.3. The molecule has 146 valence electrons. The Morgan fingerprint density at radius 1 is 1.04 bits per heavy atom. The van der Waals surface area contributed by atoms with E-state index in [0.29, 0.717) is 6.42 Å². The van der Waals surface area contributed by atoms with Gasteiger partial charge in [0.2, 0.25) is 5.91 Å². The summed E-state index contributed by atoms with van der Waals surface area (Å²) >= 11 is 0. The van der Waals surface area contributed by atoms with Crippen LogP contribution in [0.3, 0.4) is 0 Å². The zero-order chi connectivity index (χ0) is 19.1. The topological polar surface area (TPSA) is 34.5 Å². The van der Waals surface area contributed by atoms with E-state index in [9.17, 15) is 4.79 Å². The lowest BCUT2D eigenvalue weighted by Gasteiger charge is -2.38. The van der Waals surface area contributed by atoms with Gasteiger partial charge < -0.3 is 14.2 Å². The number of nitrogens with zero attached hydrogens (tertiary/aromatic N) is 2. The summed E-state index contributed by atoms with van der Waals surface area (Å²) in [5, 5.41) is 0. The van der Waals surface area contributed by atoms with Crippen molar-refractivity contribution in [2.75, 3.05) is 13.7 Å². The number of hydrogen-bond acceptors (Lipinski definition) is 2. The molecule has 2 heterocycles. The van der Waals surface area contributed by atoms with Gasteiger partial charge in [-0.15, -0.1) is 0 Å². The van der Waals surface area contributed by atoms with E-state index < -0.39 is 0 Å². The largest absolute Gasteiger partial charge is 0.496 e. The van der Waals surface area contributed by atoms with E-state index in [4.69, 9.17) is 4.74 Å². The molecule has 1 amide bonds. The van der Waals surface area contributed by atoms with Crippen molar-refractivity contribution >= 4 is 5.91 Å². The fraction of sp³-hybridized carbons (Fsp3) is 0.522. The highest BCUT2D eigenvalue weighted by atomic mass is 16.5. The lowest BCUT2D eigenvalue weighted by atomic mass is 9.98. The van der Waals surface area contributed by atoms with Crippen molar-refractivity contribution in [1.82, 2.24) is 9.47 Å². The van der Waals surface area contributed by atoms with Gasteiger partial charge in [0.05, 0.1) is 7.11 Å². The van der Waals surface area contributed by atoms with Gasteiger partial charge in [0.1, 0.15) is 11.8 Å². The third-order valence-corrected chi connectivity index (χ3v) is 5.54. The zero-order valence-electron chi connectivity index (χ0n) is 16.7. The average Bonchev–Trinajstić information content (AvgIpc) is 3.18. The molecule has 1 aliphatic rings. The number of fused-ring (bicyclic) bond motifs is 1.